The Hall–Kier alpha value is -1.08. The zero-order chi connectivity index (χ0) is 11.4. The maximum atomic E-state index is 6.26. The zero-order valence-corrected chi connectivity index (χ0v) is 9.91. The lowest BCUT2D eigenvalue weighted by Gasteiger charge is -2.19. The molecule has 0 aliphatic heterocycles. The first kappa shape index (κ1) is 11.4. The van der Waals surface area contributed by atoms with E-state index in [2.05, 4.69) is 30.8 Å². The second-order valence-corrected chi connectivity index (χ2v) is 4.80. The molecule has 0 spiro atoms. The maximum absolute atomic E-state index is 6.26. The molecule has 1 aliphatic rings. The molecule has 0 amide bonds. The van der Waals surface area contributed by atoms with Crippen LogP contribution in [0.15, 0.2) is 36.4 Å². The fraction of sp³-hybridized carbons (Fsp3) is 0.467. The maximum Gasteiger partial charge on any atom is 0.0300 e. The second-order valence-electron chi connectivity index (χ2n) is 4.80. The van der Waals surface area contributed by atoms with Crippen molar-refractivity contribution in [1.29, 1.82) is 0 Å². The minimum Gasteiger partial charge on any atom is -0.324 e. The van der Waals surface area contributed by atoms with Gasteiger partial charge in [-0.2, -0.15) is 0 Å². The molecule has 1 aliphatic carbocycles. The van der Waals surface area contributed by atoms with Crippen LogP contribution in [-0.2, 0) is 6.42 Å². The highest BCUT2D eigenvalue weighted by molar-refractivity contribution is 5.30. The van der Waals surface area contributed by atoms with Crippen LogP contribution in [-0.4, -0.2) is 0 Å². The molecule has 2 rings (SSSR count). The Labute approximate surface area is 98.4 Å². The van der Waals surface area contributed by atoms with E-state index in [4.69, 9.17) is 5.73 Å². The molecule has 0 heterocycles. The van der Waals surface area contributed by atoms with Crippen molar-refractivity contribution in [3.8, 4) is 0 Å². The molecule has 1 aromatic carbocycles. The van der Waals surface area contributed by atoms with Gasteiger partial charge in [0.25, 0.3) is 0 Å². The van der Waals surface area contributed by atoms with Crippen molar-refractivity contribution >= 4 is 0 Å². The van der Waals surface area contributed by atoms with E-state index >= 15 is 0 Å². The molecule has 0 unspecified atom stereocenters. The number of nitrogens with two attached hydrogens (primary N) is 1. The molecular weight excluding hydrogens is 194 g/mol. The Morgan fingerprint density at radius 3 is 2.69 bits per heavy atom. The molecule has 1 atom stereocenters. The molecule has 0 saturated carbocycles. The number of rotatable bonds is 0. The van der Waals surface area contributed by atoms with Gasteiger partial charge in [0.05, 0.1) is 0 Å². The van der Waals surface area contributed by atoms with Gasteiger partial charge in [-0.05, 0) is 49.7 Å². The molecule has 0 saturated heterocycles. The first-order valence-electron chi connectivity index (χ1n) is 6.27. The Kier molecular flexibility index (Phi) is 3.79. The number of fused-ring (bicyclic) bond motifs is 1. The zero-order valence-electron chi connectivity index (χ0n) is 9.91. The van der Waals surface area contributed by atoms with Gasteiger partial charge in [-0.3, -0.25) is 0 Å². The van der Waals surface area contributed by atoms with Crippen molar-refractivity contribution in [2.45, 2.75) is 44.6 Å². The minimum absolute atomic E-state index is 0.186. The minimum atomic E-state index is 0.186. The van der Waals surface area contributed by atoms with E-state index < -0.39 is 0 Å². The van der Waals surface area contributed by atoms with Crippen molar-refractivity contribution in [3.05, 3.63) is 47.5 Å². The second kappa shape index (κ2) is 5.31. The first-order chi connectivity index (χ1) is 7.77. The molecule has 16 heavy (non-hydrogen) atoms. The van der Waals surface area contributed by atoms with Crippen molar-refractivity contribution in [1.82, 2.24) is 0 Å². The predicted octanol–water partition coefficient (Wildman–Crippen LogP) is 3.75. The number of aryl methyl sites for hydroxylation is 1. The van der Waals surface area contributed by atoms with E-state index in [1.807, 2.05) is 0 Å². The lowest BCUT2D eigenvalue weighted by molar-refractivity contribution is 0.602. The summed E-state index contributed by atoms with van der Waals surface area (Å²) in [6.07, 6.45) is 6.97. The lowest BCUT2D eigenvalue weighted by Crippen LogP contribution is -2.13. The third-order valence-corrected chi connectivity index (χ3v) is 3.49. The van der Waals surface area contributed by atoms with E-state index in [9.17, 15) is 0 Å². The van der Waals surface area contributed by atoms with Crippen LogP contribution in [0.1, 0.15) is 49.3 Å². The van der Waals surface area contributed by atoms with Gasteiger partial charge in [-0.15, -0.1) is 0 Å². The molecule has 0 aromatic heterocycles. The Bertz CT molecular complexity index is 367. The summed E-state index contributed by atoms with van der Waals surface area (Å²) in [5, 5.41) is 0. The molecule has 0 bridgehead atoms. The summed E-state index contributed by atoms with van der Waals surface area (Å²) in [6.45, 7) is 4.12. The SMILES string of the molecule is C=C1CCCCc2ccccc2[C@@H](N)CC1. The van der Waals surface area contributed by atoms with Gasteiger partial charge in [-0.25, -0.2) is 0 Å². The average molecular weight is 215 g/mol. The highest BCUT2D eigenvalue weighted by Crippen LogP contribution is 2.26. The largest absolute Gasteiger partial charge is 0.324 e. The van der Waals surface area contributed by atoms with E-state index in [1.54, 1.807) is 0 Å². The van der Waals surface area contributed by atoms with Crippen molar-refractivity contribution in [2.24, 2.45) is 5.73 Å². The normalized spacial score (nSPS) is 22.6. The quantitative estimate of drug-likeness (QED) is 0.655. The van der Waals surface area contributed by atoms with Crippen LogP contribution in [0.25, 0.3) is 0 Å². The number of benzene rings is 1. The van der Waals surface area contributed by atoms with Gasteiger partial charge in [-0.1, -0.05) is 36.4 Å². The standard InChI is InChI=1S/C15H21N/c1-12-6-2-3-7-13-8-4-5-9-14(13)15(16)11-10-12/h4-5,8-9,15H,1-3,6-7,10-11,16H2/t15-/m0/s1. The van der Waals surface area contributed by atoms with Crippen molar-refractivity contribution < 1.29 is 0 Å². The van der Waals surface area contributed by atoms with Gasteiger partial charge >= 0.3 is 0 Å². The fourth-order valence-corrected chi connectivity index (χ4v) is 2.45. The van der Waals surface area contributed by atoms with Gasteiger partial charge in [0.1, 0.15) is 0 Å². The summed E-state index contributed by atoms with van der Waals surface area (Å²) in [5.74, 6) is 0. The van der Waals surface area contributed by atoms with Crippen LogP contribution in [0.2, 0.25) is 0 Å². The summed E-state index contributed by atoms with van der Waals surface area (Å²) in [7, 11) is 0. The van der Waals surface area contributed by atoms with E-state index in [0.717, 1.165) is 19.3 Å². The van der Waals surface area contributed by atoms with Crippen molar-refractivity contribution in [3.63, 3.8) is 0 Å². The fourth-order valence-electron chi connectivity index (χ4n) is 2.45. The van der Waals surface area contributed by atoms with Crippen LogP contribution >= 0.6 is 0 Å². The first-order valence-corrected chi connectivity index (χ1v) is 6.27. The molecule has 0 fully saturated rings. The lowest BCUT2D eigenvalue weighted by atomic mass is 9.90. The van der Waals surface area contributed by atoms with E-state index in [1.165, 1.54) is 36.0 Å². The van der Waals surface area contributed by atoms with Gasteiger partial charge in [0, 0.05) is 6.04 Å². The predicted molar refractivity (Wildman–Crippen MR) is 69.3 cm³/mol. The van der Waals surface area contributed by atoms with Gasteiger partial charge < -0.3 is 5.73 Å². The monoisotopic (exact) mass is 215 g/mol. The smallest absolute Gasteiger partial charge is 0.0300 e. The molecular formula is C15H21N. The topological polar surface area (TPSA) is 26.0 Å². The van der Waals surface area contributed by atoms with Crippen LogP contribution in [0.5, 0.6) is 0 Å². The van der Waals surface area contributed by atoms with E-state index in [-0.39, 0.29) is 6.04 Å². The summed E-state index contributed by atoms with van der Waals surface area (Å²) in [5.41, 5.74) is 10.4. The summed E-state index contributed by atoms with van der Waals surface area (Å²) in [6, 6.07) is 8.82. The van der Waals surface area contributed by atoms with Gasteiger partial charge in [0.15, 0.2) is 0 Å². The molecule has 1 heteroatoms. The highest BCUT2D eigenvalue weighted by Gasteiger charge is 2.12. The Balaban J connectivity index is 2.21. The molecule has 0 radical (unpaired) electrons. The summed E-state index contributed by atoms with van der Waals surface area (Å²) in [4.78, 5) is 0. The average Bonchev–Trinajstić information content (AvgIpc) is 2.32. The third kappa shape index (κ3) is 2.73. The van der Waals surface area contributed by atoms with Crippen LogP contribution in [0.4, 0.5) is 0 Å². The molecule has 2 N–H and O–H groups in total. The highest BCUT2D eigenvalue weighted by atomic mass is 14.6. The third-order valence-electron chi connectivity index (χ3n) is 3.49. The summed E-state index contributed by atoms with van der Waals surface area (Å²) < 4.78 is 0. The van der Waals surface area contributed by atoms with Crippen LogP contribution in [0, 0.1) is 0 Å². The molecule has 86 valence electrons. The van der Waals surface area contributed by atoms with Crippen LogP contribution in [0.3, 0.4) is 0 Å². The number of hydrogen-bond donors (Lipinski definition) is 1. The molecule has 1 aromatic rings. The number of hydrogen-bond acceptors (Lipinski definition) is 1. The van der Waals surface area contributed by atoms with E-state index in [0.29, 0.717) is 0 Å². The van der Waals surface area contributed by atoms with Gasteiger partial charge in [0.2, 0.25) is 0 Å². The molecule has 1 nitrogen and oxygen atoms in total. The van der Waals surface area contributed by atoms with Crippen LogP contribution < -0.4 is 5.73 Å². The Morgan fingerprint density at radius 1 is 1.06 bits per heavy atom. The summed E-state index contributed by atoms with van der Waals surface area (Å²) >= 11 is 0. The Morgan fingerprint density at radius 2 is 1.81 bits per heavy atom. The van der Waals surface area contributed by atoms with Crippen molar-refractivity contribution in [2.75, 3.05) is 0 Å². The number of allylic oxidation sites excluding steroid dienone is 1.